The highest BCUT2D eigenvalue weighted by Crippen LogP contribution is 2.39. The predicted molar refractivity (Wildman–Crippen MR) is 78.7 cm³/mol. The van der Waals surface area contributed by atoms with Crippen molar-refractivity contribution in [2.75, 3.05) is 12.4 Å². The number of rotatable bonds is 4. The summed E-state index contributed by atoms with van der Waals surface area (Å²) in [4.78, 5) is 0. The van der Waals surface area contributed by atoms with E-state index in [0.717, 1.165) is 18.1 Å². The van der Waals surface area contributed by atoms with Crippen molar-refractivity contribution in [1.29, 1.82) is 0 Å². The van der Waals surface area contributed by atoms with Crippen molar-refractivity contribution in [3.63, 3.8) is 0 Å². The second-order valence-corrected chi connectivity index (χ2v) is 6.25. The van der Waals surface area contributed by atoms with Gasteiger partial charge in [-0.1, -0.05) is 18.9 Å². The Hall–Kier alpha value is -0.630. The summed E-state index contributed by atoms with van der Waals surface area (Å²) in [6.45, 7) is 0.843. The molecule has 98 valence electrons. The Morgan fingerprint density at radius 2 is 1.83 bits per heavy atom. The van der Waals surface area contributed by atoms with Crippen molar-refractivity contribution in [2.45, 2.75) is 44.9 Å². The Morgan fingerprint density at radius 3 is 2.61 bits per heavy atom. The number of hydrogen-bond acceptors (Lipinski definition) is 2. The van der Waals surface area contributed by atoms with Crippen LogP contribution in [0.3, 0.4) is 0 Å². The van der Waals surface area contributed by atoms with Gasteiger partial charge < -0.3 is 4.74 Å². The summed E-state index contributed by atoms with van der Waals surface area (Å²) >= 11 is 4.53. The maximum atomic E-state index is 6.06. The molecule has 1 aromatic carbocycles. The van der Waals surface area contributed by atoms with Gasteiger partial charge in [0.2, 0.25) is 0 Å². The second-order valence-electron chi connectivity index (χ2n) is 5.94. The maximum Gasteiger partial charge on any atom is 0.119 e. The predicted octanol–water partition coefficient (Wildman–Crippen LogP) is 4.04. The minimum absolute atomic E-state index is 0.335. The summed E-state index contributed by atoms with van der Waals surface area (Å²) in [5.74, 6) is 2.02. The van der Waals surface area contributed by atoms with Crippen LogP contribution in [0.15, 0.2) is 18.2 Å². The summed E-state index contributed by atoms with van der Waals surface area (Å²) < 4.78 is 6.06. The van der Waals surface area contributed by atoms with E-state index in [1.165, 1.54) is 56.1 Å². The van der Waals surface area contributed by atoms with Crippen LogP contribution < -0.4 is 4.74 Å². The van der Waals surface area contributed by atoms with E-state index in [4.69, 9.17) is 4.74 Å². The molecule has 1 aromatic rings. The number of ether oxygens (including phenoxy) is 1. The van der Waals surface area contributed by atoms with Crippen LogP contribution in [0, 0.1) is 5.41 Å². The first-order valence-corrected chi connectivity index (χ1v) is 7.80. The molecule has 0 amide bonds. The number of thiol groups is 1. The molecule has 18 heavy (non-hydrogen) atoms. The molecule has 0 aliphatic heterocycles. The molecule has 0 saturated heterocycles. The molecule has 0 aromatic heterocycles. The number of fused-ring (bicyclic) bond motifs is 1. The van der Waals surface area contributed by atoms with Crippen LogP contribution in [-0.2, 0) is 12.8 Å². The zero-order chi connectivity index (χ0) is 12.4. The molecule has 2 heteroatoms. The normalized spacial score (nSPS) is 20.9. The summed E-state index contributed by atoms with van der Waals surface area (Å²) in [5, 5.41) is 0. The van der Waals surface area contributed by atoms with E-state index in [2.05, 4.69) is 30.8 Å². The summed E-state index contributed by atoms with van der Waals surface area (Å²) in [7, 11) is 0. The third kappa shape index (κ3) is 2.40. The highest BCUT2D eigenvalue weighted by molar-refractivity contribution is 7.80. The molecule has 2 aliphatic carbocycles. The van der Waals surface area contributed by atoms with Gasteiger partial charge in [0.05, 0.1) is 6.61 Å². The van der Waals surface area contributed by atoms with Gasteiger partial charge >= 0.3 is 0 Å². The van der Waals surface area contributed by atoms with Gasteiger partial charge in [0.25, 0.3) is 0 Å². The lowest BCUT2D eigenvalue weighted by molar-refractivity contribution is 0.173. The van der Waals surface area contributed by atoms with E-state index >= 15 is 0 Å². The van der Waals surface area contributed by atoms with Crippen LogP contribution in [0.1, 0.15) is 43.2 Å². The van der Waals surface area contributed by atoms with E-state index < -0.39 is 0 Å². The van der Waals surface area contributed by atoms with E-state index in [1.807, 2.05) is 0 Å². The average molecular weight is 262 g/mol. The van der Waals surface area contributed by atoms with Gasteiger partial charge in [-0.3, -0.25) is 0 Å². The first kappa shape index (κ1) is 12.4. The molecule has 1 saturated carbocycles. The van der Waals surface area contributed by atoms with Gasteiger partial charge in [-0.25, -0.2) is 0 Å². The molecule has 0 spiro atoms. The largest absolute Gasteiger partial charge is 0.493 e. The zero-order valence-electron chi connectivity index (χ0n) is 11.0. The lowest BCUT2D eigenvalue weighted by atomic mass is 9.90. The Kier molecular flexibility index (Phi) is 3.56. The SMILES string of the molecule is SCC1(COc2ccc3c(c2)CCC3)CCCC1. The fourth-order valence-corrected chi connectivity index (χ4v) is 3.76. The summed E-state index contributed by atoms with van der Waals surface area (Å²) in [6.07, 6.45) is 9.02. The molecular formula is C16H22OS. The third-order valence-corrected chi connectivity index (χ3v) is 5.29. The lowest BCUT2D eigenvalue weighted by Gasteiger charge is -2.26. The lowest BCUT2D eigenvalue weighted by Crippen LogP contribution is -2.27. The molecule has 3 rings (SSSR count). The minimum Gasteiger partial charge on any atom is -0.493 e. The van der Waals surface area contributed by atoms with Gasteiger partial charge in [-0.15, -0.1) is 0 Å². The van der Waals surface area contributed by atoms with Crippen LogP contribution >= 0.6 is 12.6 Å². The molecule has 2 aliphatic rings. The number of aryl methyl sites for hydroxylation is 2. The van der Waals surface area contributed by atoms with Gasteiger partial charge in [-0.05, 0) is 61.1 Å². The Morgan fingerprint density at radius 1 is 1.06 bits per heavy atom. The molecule has 1 fully saturated rings. The average Bonchev–Trinajstić information content (AvgIpc) is 3.05. The van der Waals surface area contributed by atoms with Crippen LogP contribution in [0.2, 0.25) is 0 Å². The first-order valence-electron chi connectivity index (χ1n) is 7.17. The standard InChI is InChI=1S/C16H22OS/c18-12-16(8-1-2-9-16)11-17-15-7-6-13-4-3-5-14(13)10-15/h6-7,10,18H,1-5,8-9,11-12H2. The molecular weight excluding hydrogens is 240 g/mol. The van der Waals surface area contributed by atoms with E-state index in [-0.39, 0.29) is 0 Å². The number of hydrogen-bond donors (Lipinski definition) is 1. The van der Waals surface area contributed by atoms with Crippen LogP contribution in [0.4, 0.5) is 0 Å². The van der Waals surface area contributed by atoms with Crippen LogP contribution in [0.25, 0.3) is 0 Å². The molecule has 0 N–H and O–H groups in total. The molecule has 0 heterocycles. The van der Waals surface area contributed by atoms with Crippen molar-refractivity contribution >= 4 is 12.6 Å². The third-order valence-electron chi connectivity index (χ3n) is 4.61. The smallest absolute Gasteiger partial charge is 0.119 e. The Labute approximate surface area is 115 Å². The van der Waals surface area contributed by atoms with Crippen molar-refractivity contribution in [2.24, 2.45) is 5.41 Å². The molecule has 0 atom stereocenters. The van der Waals surface area contributed by atoms with Crippen molar-refractivity contribution in [1.82, 2.24) is 0 Å². The fourth-order valence-electron chi connectivity index (χ4n) is 3.35. The molecule has 0 unspecified atom stereocenters. The highest BCUT2D eigenvalue weighted by atomic mass is 32.1. The molecule has 1 nitrogen and oxygen atoms in total. The fraction of sp³-hybridized carbons (Fsp3) is 0.625. The summed E-state index contributed by atoms with van der Waals surface area (Å²) in [6, 6.07) is 6.65. The van der Waals surface area contributed by atoms with Crippen molar-refractivity contribution in [3.05, 3.63) is 29.3 Å². The molecule has 0 bridgehead atoms. The van der Waals surface area contributed by atoms with E-state index in [1.54, 1.807) is 0 Å². The van der Waals surface area contributed by atoms with Crippen LogP contribution in [-0.4, -0.2) is 12.4 Å². The van der Waals surface area contributed by atoms with Crippen molar-refractivity contribution < 1.29 is 4.74 Å². The van der Waals surface area contributed by atoms with Crippen LogP contribution in [0.5, 0.6) is 5.75 Å². The van der Waals surface area contributed by atoms with Gasteiger partial charge in [0, 0.05) is 5.41 Å². The summed E-state index contributed by atoms with van der Waals surface area (Å²) in [5.41, 5.74) is 3.35. The van der Waals surface area contributed by atoms with E-state index in [9.17, 15) is 0 Å². The number of benzene rings is 1. The highest BCUT2D eigenvalue weighted by Gasteiger charge is 2.33. The maximum absolute atomic E-state index is 6.06. The molecule has 0 radical (unpaired) electrons. The minimum atomic E-state index is 0.335. The monoisotopic (exact) mass is 262 g/mol. The first-order chi connectivity index (χ1) is 8.81. The van der Waals surface area contributed by atoms with Crippen molar-refractivity contribution in [3.8, 4) is 5.75 Å². The topological polar surface area (TPSA) is 9.23 Å². The quantitative estimate of drug-likeness (QED) is 0.806. The van der Waals surface area contributed by atoms with Gasteiger partial charge in [0.15, 0.2) is 0 Å². The second kappa shape index (κ2) is 5.16. The zero-order valence-corrected chi connectivity index (χ0v) is 11.8. The Balaban J connectivity index is 1.66. The van der Waals surface area contributed by atoms with Gasteiger partial charge in [-0.2, -0.15) is 12.6 Å². The Bertz CT molecular complexity index is 421. The van der Waals surface area contributed by atoms with E-state index in [0.29, 0.717) is 5.41 Å². The van der Waals surface area contributed by atoms with Gasteiger partial charge in [0.1, 0.15) is 5.75 Å².